The summed E-state index contributed by atoms with van der Waals surface area (Å²) in [5, 5.41) is 0. The molecule has 12 heavy (non-hydrogen) atoms. The molecule has 0 aromatic rings. The van der Waals surface area contributed by atoms with E-state index >= 15 is 0 Å². The van der Waals surface area contributed by atoms with Gasteiger partial charge in [-0.1, -0.05) is 0 Å². The van der Waals surface area contributed by atoms with Crippen LogP contribution in [-0.4, -0.2) is 39.3 Å². The van der Waals surface area contributed by atoms with E-state index in [4.69, 9.17) is 0 Å². The Morgan fingerprint density at radius 3 is 1.33 bits per heavy atom. The van der Waals surface area contributed by atoms with Crippen LogP contribution in [-0.2, 0) is 9.47 Å². The van der Waals surface area contributed by atoms with Crippen molar-refractivity contribution in [1.82, 2.24) is 0 Å². The van der Waals surface area contributed by atoms with E-state index < -0.39 is 26.1 Å². The van der Waals surface area contributed by atoms with Gasteiger partial charge in [0, 0.05) is 0 Å². The molecule has 2 nitrogen and oxygen atoms in total. The zero-order chi connectivity index (χ0) is 9.40. The van der Waals surface area contributed by atoms with Crippen molar-refractivity contribution in [3.8, 4) is 0 Å². The van der Waals surface area contributed by atoms with Crippen LogP contribution in [0.25, 0.3) is 0 Å². The van der Waals surface area contributed by atoms with Gasteiger partial charge in [0.2, 0.25) is 0 Å². The van der Waals surface area contributed by atoms with Gasteiger partial charge in [0.1, 0.15) is 13.2 Å². The minimum Gasteiger partial charge on any atom is -0.373 e. The summed E-state index contributed by atoms with van der Waals surface area (Å²) in [4.78, 5) is 0. The zero-order valence-electron chi connectivity index (χ0n) is 6.31. The van der Waals surface area contributed by atoms with Crippen molar-refractivity contribution in [2.45, 2.75) is 12.9 Å². The van der Waals surface area contributed by atoms with Crippen LogP contribution >= 0.6 is 0 Å². The normalized spacial score (nSPS) is 11.5. The summed E-state index contributed by atoms with van der Waals surface area (Å²) < 4.78 is 54.3. The smallest absolute Gasteiger partial charge is 0.261 e. The Morgan fingerprint density at radius 2 is 1.08 bits per heavy atom. The monoisotopic (exact) mass is 190 g/mol. The first-order valence-electron chi connectivity index (χ1n) is 3.34. The van der Waals surface area contributed by atoms with Gasteiger partial charge in [0.05, 0.1) is 13.2 Å². The highest BCUT2D eigenvalue weighted by molar-refractivity contribution is 4.37. The molecule has 0 aliphatic carbocycles. The Morgan fingerprint density at radius 1 is 0.750 bits per heavy atom. The molecule has 0 spiro atoms. The SMILES string of the molecule is FC(F)COCCOCC(F)F. The highest BCUT2D eigenvalue weighted by Gasteiger charge is 2.03. The third kappa shape index (κ3) is 9.64. The quantitative estimate of drug-likeness (QED) is 0.448. The third-order valence-electron chi connectivity index (χ3n) is 0.860. The standard InChI is InChI=1S/C6H10F4O2/c7-5(8)3-11-1-2-12-4-6(9)10/h5-6H,1-4H2. The highest BCUT2D eigenvalue weighted by Crippen LogP contribution is 1.94. The molecule has 0 aromatic heterocycles. The van der Waals surface area contributed by atoms with E-state index in [-0.39, 0.29) is 13.2 Å². The van der Waals surface area contributed by atoms with Crippen molar-refractivity contribution < 1.29 is 27.0 Å². The van der Waals surface area contributed by atoms with Crippen LogP contribution < -0.4 is 0 Å². The fourth-order valence-electron chi connectivity index (χ4n) is 0.463. The maximum Gasteiger partial charge on any atom is 0.261 e. The molecular formula is C6H10F4O2. The summed E-state index contributed by atoms with van der Waals surface area (Å²) in [6, 6.07) is 0. The van der Waals surface area contributed by atoms with Gasteiger partial charge in [-0.25, -0.2) is 17.6 Å². The molecule has 0 fully saturated rings. The molecule has 0 unspecified atom stereocenters. The number of halogens is 4. The Bertz CT molecular complexity index is 87.5. The van der Waals surface area contributed by atoms with Gasteiger partial charge in [0.15, 0.2) is 0 Å². The molecule has 0 atom stereocenters. The van der Waals surface area contributed by atoms with Crippen LogP contribution in [0.4, 0.5) is 17.6 Å². The molecule has 0 heterocycles. The van der Waals surface area contributed by atoms with E-state index in [1.165, 1.54) is 0 Å². The number of ether oxygens (including phenoxy) is 2. The lowest BCUT2D eigenvalue weighted by atomic mass is 10.7. The van der Waals surface area contributed by atoms with Crippen LogP contribution in [0.5, 0.6) is 0 Å². The molecule has 0 aromatic carbocycles. The average Bonchev–Trinajstić information content (AvgIpc) is 1.95. The van der Waals surface area contributed by atoms with E-state index in [1.54, 1.807) is 0 Å². The van der Waals surface area contributed by atoms with E-state index in [9.17, 15) is 17.6 Å². The Hall–Kier alpha value is -0.360. The molecule has 0 saturated heterocycles. The average molecular weight is 190 g/mol. The van der Waals surface area contributed by atoms with Gasteiger partial charge in [0.25, 0.3) is 12.9 Å². The predicted octanol–water partition coefficient (Wildman–Crippen LogP) is 1.55. The largest absolute Gasteiger partial charge is 0.373 e. The highest BCUT2D eigenvalue weighted by atomic mass is 19.3. The first-order chi connectivity index (χ1) is 5.63. The Kier molecular flexibility index (Phi) is 7.08. The van der Waals surface area contributed by atoms with Crippen LogP contribution in [0, 0.1) is 0 Å². The summed E-state index contributed by atoms with van der Waals surface area (Å²) in [6.45, 7) is -1.54. The molecule has 0 N–H and O–H groups in total. The second-order valence-electron chi connectivity index (χ2n) is 1.93. The minimum absolute atomic E-state index is 0.0862. The topological polar surface area (TPSA) is 18.5 Å². The molecule has 0 radical (unpaired) electrons. The van der Waals surface area contributed by atoms with Crippen molar-refractivity contribution >= 4 is 0 Å². The Labute approximate surface area is 67.5 Å². The summed E-state index contributed by atoms with van der Waals surface area (Å²) in [5.41, 5.74) is 0. The van der Waals surface area contributed by atoms with Crippen LogP contribution in [0.3, 0.4) is 0 Å². The molecule has 0 amide bonds. The van der Waals surface area contributed by atoms with Crippen molar-refractivity contribution in [1.29, 1.82) is 0 Å². The molecule has 0 bridgehead atoms. The summed E-state index contributed by atoms with van der Waals surface area (Å²) in [5.74, 6) is 0. The molecule has 0 aliphatic heterocycles. The first kappa shape index (κ1) is 11.6. The molecule has 0 saturated carbocycles. The van der Waals surface area contributed by atoms with Gasteiger partial charge in [-0.05, 0) is 0 Å². The van der Waals surface area contributed by atoms with Gasteiger partial charge in [-0.15, -0.1) is 0 Å². The van der Waals surface area contributed by atoms with Crippen molar-refractivity contribution in [2.75, 3.05) is 26.4 Å². The summed E-state index contributed by atoms with van der Waals surface area (Å²) >= 11 is 0. The Balaban J connectivity index is 2.91. The molecule has 6 heteroatoms. The second kappa shape index (κ2) is 7.30. The van der Waals surface area contributed by atoms with Crippen LogP contribution in [0.15, 0.2) is 0 Å². The fourth-order valence-corrected chi connectivity index (χ4v) is 0.463. The molecule has 74 valence electrons. The lowest BCUT2D eigenvalue weighted by molar-refractivity contribution is -0.0316. The summed E-state index contributed by atoms with van der Waals surface area (Å²) in [6.07, 6.45) is -5.06. The maximum absolute atomic E-state index is 11.4. The van der Waals surface area contributed by atoms with Gasteiger partial charge < -0.3 is 9.47 Å². The van der Waals surface area contributed by atoms with E-state index in [0.717, 1.165) is 0 Å². The van der Waals surface area contributed by atoms with Crippen molar-refractivity contribution in [3.05, 3.63) is 0 Å². The van der Waals surface area contributed by atoms with E-state index in [1.807, 2.05) is 0 Å². The van der Waals surface area contributed by atoms with Crippen molar-refractivity contribution in [3.63, 3.8) is 0 Å². The fraction of sp³-hybridized carbons (Fsp3) is 1.00. The molecule has 0 rings (SSSR count). The lowest BCUT2D eigenvalue weighted by Crippen LogP contribution is -2.12. The van der Waals surface area contributed by atoms with Crippen LogP contribution in [0.2, 0.25) is 0 Å². The number of hydrogen-bond acceptors (Lipinski definition) is 2. The maximum atomic E-state index is 11.4. The van der Waals surface area contributed by atoms with Crippen molar-refractivity contribution in [2.24, 2.45) is 0 Å². The minimum atomic E-state index is -2.53. The lowest BCUT2D eigenvalue weighted by Gasteiger charge is -2.04. The molecule has 0 aliphatic rings. The number of alkyl halides is 4. The summed E-state index contributed by atoms with van der Waals surface area (Å²) in [7, 11) is 0. The van der Waals surface area contributed by atoms with Gasteiger partial charge >= 0.3 is 0 Å². The van der Waals surface area contributed by atoms with E-state index in [2.05, 4.69) is 9.47 Å². The molecular weight excluding hydrogens is 180 g/mol. The van der Waals surface area contributed by atoms with Gasteiger partial charge in [-0.3, -0.25) is 0 Å². The number of hydrogen-bond donors (Lipinski definition) is 0. The second-order valence-corrected chi connectivity index (χ2v) is 1.93. The van der Waals surface area contributed by atoms with Gasteiger partial charge in [-0.2, -0.15) is 0 Å². The zero-order valence-corrected chi connectivity index (χ0v) is 6.31. The predicted molar refractivity (Wildman–Crippen MR) is 33.6 cm³/mol. The van der Waals surface area contributed by atoms with Crippen LogP contribution in [0.1, 0.15) is 0 Å². The third-order valence-corrected chi connectivity index (χ3v) is 0.860. The van der Waals surface area contributed by atoms with E-state index in [0.29, 0.717) is 0 Å². The first-order valence-corrected chi connectivity index (χ1v) is 3.34. The number of rotatable bonds is 7.